The Morgan fingerprint density at radius 1 is 1.42 bits per heavy atom. The zero-order chi connectivity index (χ0) is 16.9. The summed E-state index contributed by atoms with van der Waals surface area (Å²) in [5.41, 5.74) is 1.31. The lowest BCUT2D eigenvalue weighted by Crippen LogP contribution is -2.39. The number of nitrogens with one attached hydrogen (secondary N) is 1. The lowest BCUT2D eigenvalue weighted by Gasteiger charge is -2.24. The highest BCUT2D eigenvalue weighted by Gasteiger charge is 2.18. The van der Waals surface area contributed by atoms with Crippen LogP contribution in [-0.4, -0.2) is 50.9 Å². The summed E-state index contributed by atoms with van der Waals surface area (Å²) < 4.78 is 0. The maximum Gasteiger partial charge on any atom is 0.242 e. The van der Waals surface area contributed by atoms with Crippen LogP contribution in [0, 0.1) is 0 Å². The number of amides is 1. The van der Waals surface area contributed by atoms with E-state index in [9.17, 15) is 4.79 Å². The monoisotopic (exact) mass is 342 g/mol. The van der Waals surface area contributed by atoms with Crippen LogP contribution in [0.1, 0.15) is 4.88 Å². The van der Waals surface area contributed by atoms with Crippen molar-refractivity contribution in [3.8, 4) is 0 Å². The Labute approximate surface area is 143 Å². The Hall–Kier alpha value is -2.74. The van der Waals surface area contributed by atoms with E-state index in [4.69, 9.17) is 0 Å². The first-order valence-corrected chi connectivity index (χ1v) is 8.33. The number of hydrogen-bond acceptors (Lipinski definition) is 6. The molecule has 0 aliphatic carbocycles. The molecule has 0 saturated carbocycles. The zero-order valence-corrected chi connectivity index (χ0v) is 14.2. The summed E-state index contributed by atoms with van der Waals surface area (Å²) in [7, 11) is 1.83. The summed E-state index contributed by atoms with van der Waals surface area (Å²) in [6.45, 7) is 5.05. The Morgan fingerprint density at radius 2 is 2.29 bits per heavy atom. The number of aromatic nitrogens is 4. The molecule has 24 heavy (non-hydrogen) atoms. The van der Waals surface area contributed by atoms with Crippen LogP contribution in [0.2, 0.25) is 0 Å². The van der Waals surface area contributed by atoms with E-state index in [1.165, 1.54) is 6.33 Å². The van der Waals surface area contributed by atoms with Gasteiger partial charge in [0, 0.05) is 18.5 Å². The number of rotatable bonds is 7. The average molecular weight is 342 g/mol. The minimum Gasteiger partial charge on any atom is -0.348 e. The van der Waals surface area contributed by atoms with Crippen LogP contribution >= 0.6 is 11.3 Å². The van der Waals surface area contributed by atoms with E-state index >= 15 is 0 Å². The number of imidazole rings is 1. The van der Waals surface area contributed by atoms with Crippen molar-refractivity contribution in [2.24, 2.45) is 0 Å². The zero-order valence-electron chi connectivity index (χ0n) is 13.3. The molecule has 0 bridgehead atoms. The lowest BCUT2D eigenvalue weighted by molar-refractivity contribution is -0.129. The molecule has 0 spiro atoms. The predicted molar refractivity (Wildman–Crippen MR) is 94.9 cm³/mol. The number of carbonyl (C=O) groups is 1. The van der Waals surface area contributed by atoms with Gasteiger partial charge in [0.25, 0.3) is 0 Å². The van der Waals surface area contributed by atoms with Crippen molar-refractivity contribution in [1.82, 2.24) is 24.8 Å². The summed E-state index contributed by atoms with van der Waals surface area (Å²) in [4.78, 5) is 32.9. The van der Waals surface area contributed by atoms with Crippen LogP contribution in [-0.2, 0) is 11.3 Å². The van der Waals surface area contributed by atoms with Crippen molar-refractivity contribution < 1.29 is 4.79 Å². The van der Waals surface area contributed by atoms with Gasteiger partial charge < -0.3 is 14.8 Å². The molecule has 3 aromatic rings. The van der Waals surface area contributed by atoms with E-state index in [2.05, 4.69) is 26.5 Å². The molecule has 0 atom stereocenters. The van der Waals surface area contributed by atoms with Gasteiger partial charge in [0.1, 0.15) is 11.8 Å². The molecule has 0 aliphatic heterocycles. The molecule has 0 radical (unpaired) electrons. The van der Waals surface area contributed by atoms with Gasteiger partial charge in [0.05, 0.1) is 19.4 Å². The number of anilines is 1. The predicted octanol–water partition coefficient (Wildman–Crippen LogP) is 2.07. The van der Waals surface area contributed by atoms with Crippen LogP contribution in [0.15, 0.2) is 42.8 Å². The smallest absolute Gasteiger partial charge is 0.242 e. The van der Waals surface area contributed by atoms with E-state index in [1.54, 1.807) is 33.5 Å². The molecule has 0 fully saturated rings. The number of H-pyrrole nitrogens is 1. The second kappa shape index (κ2) is 7.22. The van der Waals surface area contributed by atoms with Crippen molar-refractivity contribution in [2.45, 2.75) is 6.54 Å². The van der Waals surface area contributed by atoms with E-state index in [0.717, 1.165) is 10.4 Å². The summed E-state index contributed by atoms with van der Waals surface area (Å²) in [6, 6.07) is 4.01. The first kappa shape index (κ1) is 16.1. The van der Waals surface area contributed by atoms with Crippen molar-refractivity contribution in [3.05, 3.63) is 47.7 Å². The van der Waals surface area contributed by atoms with Gasteiger partial charge in [-0.05, 0) is 11.4 Å². The van der Waals surface area contributed by atoms with Gasteiger partial charge >= 0.3 is 0 Å². The molecular weight excluding hydrogens is 324 g/mol. The maximum absolute atomic E-state index is 12.7. The quantitative estimate of drug-likeness (QED) is 0.665. The van der Waals surface area contributed by atoms with Crippen LogP contribution in [0.25, 0.3) is 11.2 Å². The molecule has 0 aromatic carbocycles. The molecule has 0 unspecified atom stereocenters. The molecule has 3 rings (SSSR count). The molecule has 0 saturated heterocycles. The standard InChI is InChI=1S/C16H18N6OS/c1-3-6-22(8-12-5-4-7-24-12)13(23)9-21(2)16-14-15(18-10-17-14)19-11-20-16/h3-5,7,10-11H,1,6,8-9H2,2H3,(H,17,18,19,20). The molecule has 1 amide bonds. The van der Waals surface area contributed by atoms with Crippen LogP contribution in [0.4, 0.5) is 5.82 Å². The van der Waals surface area contributed by atoms with Gasteiger partial charge in [-0.1, -0.05) is 12.1 Å². The summed E-state index contributed by atoms with van der Waals surface area (Å²) >= 11 is 1.64. The maximum atomic E-state index is 12.7. The summed E-state index contributed by atoms with van der Waals surface area (Å²) in [5, 5.41) is 2.01. The molecule has 3 heterocycles. The molecule has 124 valence electrons. The number of thiophene rings is 1. The van der Waals surface area contributed by atoms with Crippen LogP contribution in [0.5, 0.6) is 0 Å². The van der Waals surface area contributed by atoms with Gasteiger partial charge in [-0.15, -0.1) is 17.9 Å². The van der Waals surface area contributed by atoms with Crippen LogP contribution in [0.3, 0.4) is 0 Å². The third-order valence-electron chi connectivity index (χ3n) is 3.57. The molecule has 3 aromatic heterocycles. The molecule has 7 nitrogen and oxygen atoms in total. The Kier molecular flexibility index (Phi) is 4.85. The minimum atomic E-state index is 0.0112. The number of carbonyl (C=O) groups excluding carboxylic acids is 1. The third kappa shape index (κ3) is 3.43. The Balaban J connectivity index is 1.74. The first-order chi connectivity index (χ1) is 11.7. The fourth-order valence-electron chi connectivity index (χ4n) is 2.42. The van der Waals surface area contributed by atoms with E-state index in [1.807, 2.05) is 24.6 Å². The third-order valence-corrected chi connectivity index (χ3v) is 4.43. The minimum absolute atomic E-state index is 0.0112. The second-order valence-corrected chi connectivity index (χ2v) is 6.33. The lowest BCUT2D eigenvalue weighted by atomic mass is 10.3. The molecule has 0 aliphatic rings. The first-order valence-electron chi connectivity index (χ1n) is 7.45. The van der Waals surface area contributed by atoms with Gasteiger partial charge in [0.2, 0.25) is 5.91 Å². The van der Waals surface area contributed by atoms with E-state index in [-0.39, 0.29) is 12.5 Å². The van der Waals surface area contributed by atoms with Crippen molar-refractivity contribution >= 4 is 34.2 Å². The number of nitrogens with zero attached hydrogens (tertiary/aromatic N) is 5. The second-order valence-electron chi connectivity index (χ2n) is 5.30. The van der Waals surface area contributed by atoms with Crippen molar-refractivity contribution in [1.29, 1.82) is 0 Å². The molecule has 1 N–H and O–H groups in total. The normalized spacial score (nSPS) is 10.7. The van der Waals surface area contributed by atoms with Crippen LogP contribution < -0.4 is 4.90 Å². The van der Waals surface area contributed by atoms with E-state index < -0.39 is 0 Å². The highest BCUT2D eigenvalue weighted by Crippen LogP contribution is 2.18. The Bertz CT molecular complexity index is 828. The van der Waals surface area contributed by atoms with Gasteiger partial charge in [-0.2, -0.15) is 0 Å². The number of aromatic amines is 1. The SMILES string of the molecule is C=CCN(Cc1cccs1)C(=O)CN(C)c1ncnc2nc[nH]c12. The fourth-order valence-corrected chi connectivity index (χ4v) is 3.14. The van der Waals surface area contributed by atoms with Gasteiger partial charge in [-0.25, -0.2) is 15.0 Å². The van der Waals surface area contributed by atoms with E-state index in [0.29, 0.717) is 24.6 Å². The number of likely N-dealkylation sites (N-methyl/N-ethyl adjacent to an activating group) is 1. The fraction of sp³-hybridized carbons (Fsp3) is 0.250. The average Bonchev–Trinajstić information content (AvgIpc) is 3.25. The summed E-state index contributed by atoms with van der Waals surface area (Å²) in [6.07, 6.45) is 4.76. The highest BCUT2D eigenvalue weighted by molar-refractivity contribution is 7.09. The van der Waals surface area contributed by atoms with Crippen molar-refractivity contribution in [3.63, 3.8) is 0 Å². The number of fused-ring (bicyclic) bond motifs is 1. The summed E-state index contributed by atoms with van der Waals surface area (Å²) in [5.74, 6) is 0.664. The molecular formula is C16H18N6OS. The number of hydrogen-bond donors (Lipinski definition) is 1. The Morgan fingerprint density at radius 3 is 3.04 bits per heavy atom. The van der Waals surface area contributed by atoms with Crippen molar-refractivity contribution in [2.75, 3.05) is 25.0 Å². The van der Waals surface area contributed by atoms with Gasteiger partial charge in [0.15, 0.2) is 11.5 Å². The van der Waals surface area contributed by atoms with Gasteiger partial charge in [-0.3, -0.25) is 4.79 Å². The highest BCUT2D eigenvalue weighted by atomic mass is 32.1. The largest absolute Gasteiger partial charge is 0.348 e. The topological polar surface area (TPSA) is 78.0 Å². The molecule has 8 heteroatoms.